The maximum absolute atomic E-state index is 14.1. The summed E-state index contributed by atoms with van der Waals surface area (Å²) in [7, 11) is 1.57. The van der Waals surface area contributed by atoms with Crippen LogP contribution in [-0.2, 0) is 11.3 Å². The van der Waals surface area contributed by atoms with E-state index in [1.807, 2.05) is 0 Å². The first-order valence-corrected chi connectivity index (χ1v) is 9.95. The normalized spacial score (nSPS) is 19.6. The van der Waals surface area contributed by atoms with Crippen LogP contribution in [0.1, 0.15) is 25.1 Å². The molecule has 1 aliphatic rings. The zero-order valence-electron chi connectivity index (χ0n) is 16.3. The zero-order chi connectivity index (χ0) is 20.5. The lowest BCUT2D eigenvalue weighted by Crippen LogP contribution is -2.28. The number of aromatic nitrogens is 4. The number of thiazole rings is 1. The summed E-state index contributed by atoms with van der Waals surface area (Å²) < 4.78 is 27.0. The van der Waals surface area contributed by atoms with E-state index in [2.05, 4.69) is 32.2 Å². The third-order valence-electron chi connectivity index (χ3n) is 4.77. The molecule has 1 fully saturated rings. The Labute approximate surface area is 170 Å². The molecule has 3 aromatic heterocycles. The number of amides is 1. The average Bonchev–Trinajstić information content (AvgIpc) is 3.33. The number of nitrogens with zero attached hydrogens (tertiary/aromatic N) is 5. The van der Waals surface area contributed by atoms with Gasteiger partial charge in [0, 0.05) is 32.5 Å². The van der Waals surface area contributed by atoms with Gasteiger partial charge in [-0.15, -0.1) is 0 Å². The highest BCUT2D eigenvalue weighted by Gasteiger charge is 2.32. The summed E-state index contributed by atoms with van der Waals surface area (Å²) in [4.78, 5) is 21.9. The molecule has 9 nitrogen and oxygen atoms in total. The number of hydrogen-bond acceptors (Lipinski definition) is 8. The minimum Gasteiger partial charge on any atom is -0.494 e. The summed E-state index contributed by atoms with van der Waals surface area (Å²) in [5.74, 6) is 0.394. The molecule has 1 N–H and O–H groups in total. The Kier molecular flexibility index (Phi) is 5.33. The second-order valence-electron chi connectivity index (χ2n) is 6.94. The van der Waals surface area contributed by atoms with E-state index in [-0.39, 0.29) is 23.2 Å². The van der Waals surface area contributed by atoms with Crippen LogP contribution in [0.25, 0.3) is 5.65 Å². The minimum atomic E-state index is -0.545. The lowest BCUT2D eigenvalue weighted by molar-refractivity contribution is -0.114. The highest BCUT2D eigenvalue weighted by Crippen LogP contribution is 2.29. The van der Waals surface area contributed by atoms with Crippen LogP contribution < -0.4 is 14.8 Å². The van der Waals surface area contributed by atoms with Gasteiger partial charge in [-0.25, -0.2) is 9.50 Å². The van der Waals surface area contributed by atoms with Crippen molar-refractivity contribution in [1.82, 2.24) is 24.5 Å². The van der Waals surface area contributed by atoms with Gasteiger partial charge in [0.05, 0.1) is 30.6 Å². The van der Waals surface area contributed by atoms with Crippen molar-refractivity contribution >= 4 is 28.0 Å². The third-order valence-corrected chi connectivity index (χ3v) is 5.71. The molecule has 0 spiro atoms. The topological polar surface area (TPSA) is 93.9 Å². The van der Waals surface area contributed by atoms with Crippen LogP contribution in [-0.4, -0.2) is 56.2 Å². The number of halogens is 1. The van der Waals surface area contributed by atoms with E-state index in [0.717, 1.165) is 17.8 Å². The Morgan fingerprint density at radius 3 is 3.03 bits per heavy atom. The van der Waals surface area contributed by atoms with Gasteiger partial charge in [-0.3, -0.25) is 9.69 Å². The fourth-order valence-electron chi connectivity index (χ4n) is 3.37. The second-order valence-corrected chi connectivity index (χ2v) is 8.02. The van der Waals surface area contributed by atoms with E-state index in [0.29, 0.717) is 35.1 Å². The minimum absolute atomic E-state index is 0.0623. The van der Waals surface area contributed by atoms with Crippen molar-refractivity contribution in [3.05, 3.63) is 29.4 Å². The molecule has 2 atom stereocenters. The molecule has 29 heavy (non-hydrogen) atoms. The van der Waals surface area contributed by atoms with Crippen molar-refractivity contribution in [2.75, 3.05) is 19.0 Å². The molecular formula is C18H21FN6O3S. The highest BCUT2D eigenvalue weighted by molar-refractivity contribution is 7.15. The molecule has 0 bridgehead atoms. The molecule has 0 saturated carbocycles. The molecule has 1 amide bonds. The van der Waals surface area contributed by atoms with Gasteiger partial charge in [-0.05, 0) is 6.92 Å². The van der Waals surface area contributed by atoms with E-state index in [1.54, 1.807) is 30.2 Å². The molecular weight excluding hydrogens is 399 g/mol. The Bertz CT molecular complexity index is 1040. The van der Waals surface area contributed by atoms with E-state index in [9.17, 15) is 9.18 Å². The van der Waals surface area contributed by atoms with Crippen LogP contribution >= 0.6 is 11.3 Å². The van der Waals surface area contributed by atoms with Crippen LogP contribution in [0.15, 0.2) is 18.6 Å². The van der Waals surface area contributed by atoms with Gasteiger partial charge in [-0.1, -0.05) is 11.3 Å². The van der Waals surface area contributed by atoms with Crippen LogP contribution in [0.3, 0.4) is 0 Å². The lowest BCUT2D eigenvalue weighted by atomic mass is 10.2. The summed E-state index contributed by atoms with van der Waals surface area (Å²) in [6.45, 7) is 4.50. The van der Waals surface area contributed by atoms with Gasteiger partial charge in [0.1, 0.15) is 6.10 Å². The van der Waals surface area contributed by atoms with Crippen LogP contribution in [0.4, 0.5) is 9.52 Å². The Balaban J connectivity index is 1.43. The molecule has 11 heteroatoms. The monoisotopic (exact) mass is 420 g/mol. The molecule has 0 aromatic carbocycles. The van der Waals surface area contributed by atoms with Gasteiger partial charge in [0.15, 0.2) is 22.3 Å². The van der Waals surface area contributed by atoms with Gasteiger partial charge in [0.25, 0.3) is 0 Å². The fraction of sp³-hybridized carbons (Fsp3) is 0.444. The number of anilines is 1. The van der Waals surface area contributed by atoms with E-state index in [1.165, 1.54) is 6.92 Å². The average molecular weight is 420 g/mol. The van der Waals surface area contributed by atoms with E-state index < -0.39 is 5.95 Å². The van der Waals surface area contributed by atoms with Gasteiger partial charge < -0.3 is 14.8 Å². The molecule has 1 aliphatic heterocycles. The smallest absolute Gasteiger partial charge is 0.230 e. The Hall–Kier alpha value is -2.79. The first kappa shape index (κ1) is 19.5. The number of likely N-dealkylation sites (tertiary alicyclic amines) is 1. The fourth-order valence-corrected chi connectivity index (χ4v) is 4.29. The number of nitrogens with one attached hydrogen (secondary N) is 1. The number of carbonyl (C=O) groups is 1. The summed E-state index contributed by atoms with van der Waals surface area (Å²) in [6, 6.07) is 0.209. The molecule has 1 saturated heterocycles. The summed E-state index contributed by atoms with van der Waals surface area (Å²) in [5.41, 5.74) is 0.616. The van der Waals surface area contributed by atoms with E-state index >= 15 is 0 Å². The number of carbonyl (C=O) groups excluding carboxylic acids is 1. The Morgan fingerprint density at radius 2 is 2.28 bits per heavy atom. The van der Waals surface area contributed by atoms with E-state index in [4.69, 9.17) is 9.47 Å². The number of methoxy groups -OCH3 is 1. The number of fused-ring (bicyclic) bond motifs is 1. The standard InChI is InChI=1S/C18H21FN6O3S/c1-10-4-12(28-14-6-21-25-8-13(27-3)5-20-17(14)25)7-24(10)9-15-16(19)23-18(29-15)22-11(2)26/h5-6,8,10,12H,4,7,9H2,1-3H3,(H,22,23,26). The molecule has 2 unspecified atom stereocenters. The number of rotatable bonds is 6. The highest BCUT2D eigenvalue weighted by atomic mass is 32.1. The SMILES string of the molecule is COc1cnc2c(OC3CC(C)N(Cc4sc(NC(C)=O)nc4F)C3)cnn2c1. The molecule has 4 rings (SSSR count). The molecule has 154 valence electrons. The predicted molar refractivity (Wildman–Crippen MR) is 105 cm³/mol. The van der Waals surface area contributed by atoms with Crippen molar-refractivity contribution in [3.8, 4) is 11.5 Å². The summed E-state index contributed by atoms with van der Waals surface area (Å²) >= 11 is 1.15. The van der Waals surface area contributed by atoms with Crippen LogP contribution in [0, 0.1) is 5.95 Å². The number of hydrogen-bond donors (Lipinski definition) is 1. The second kappa shape index (κ2) is 7.91. The summed E-state index contributed by atoms with van der Waals surface area (Å²) in [6.07, 6.45) is 5.72. The van der Waals surface area contributed by atoms with Gasteiger partial charge in [0.2, 0.25) is 11.9 Å². The Morgan fingerprint density at radius 1 is 1.45 bits per heavy atom. The van der Waals surface area contributed by atoms with Crippen molar-refractivity contribution in [2.45, 2.75) is 39.0 Å². The zero-order valence-corrected chi connectivity index (χ0v) is 17.1. The van der Waals surface area contributed by atoms with Crippen molar-refractivity contribution in [2.24, 2.45) is 0 Å². The van der Waals surface area contributed by atoms with Gasteiger partial charge >= 0.3 is 0 Å². The molecule has 4 heterocycles. The molecule has 0 radical (unpaired) electrons. The third kappa shape index (κ3) is 4.15. The van der Waals surface area contributed by atoms with Crippen molar-refractivity contribution in [1.29, 1.82) is 0 Å². The summed E-state index contributed by atoms with van der Waals surface area (Å²) in [5, 5.41) is 7.06. The quantitative estimate of drug-likeness (QED) is 0.654. The molecule has 0 aliphatic carbocycles. The molecule has 3 aromatic rings. The largest absolute Gasteiger partial charge is 0.494 e. The predicted octanol–water partition coefficient (Wildman–Crippen LogP) is 2.33. The van der Waals surface area contributed by atoms with Crippen molar-refractivity contribution in [3.63, 3.8) is 0 Å². The maximum atomic E-state index is 14.1. The number of ether oxygens (including phenoxy) is 2. The van der Waals surface area contributed by atoms with Crippen LogP contribution in [0.5, 0.6) is 11.5 Å². The lowest BCUT2D eigenvalue weighted by Gasteiger charge is -2.19. The van der Waals surface area contributed by atoms with Crippen molar-refractivity contribution < 1.29 is 18.7 Å². The van der Waals surface area contributed by atoms with Crippen LogP contribution in [0.2, 0.25) is 0 Å². The van der Waals surface area contributed by atoms with Gasteiger partial charge in [-0.2, -0.15) is 14.5 Å². The maximum Gasteiger partial charge on any atom is 0.230 e. The first-order chi connectivity index (χ1) is 13.9. The first-order valence-electron chi connectivity index (χ1n) is 9.13.